The van der Waals surface area contributed by atoms with Gasteiger partial charge in [0.15, 0.2) is 0 Å². The molecule has 29 heavy (non-hydrogen) atoms. The van der Waals surface area contributed by atoms with Crippen molar-refractivity contribution in [2.24, 2.45) is 7.05 Å². The first-order valence-corrected chi connectivity index (χ1v) is 13.7. The van der Waals surface area contributed by atoms with Gasteiger partial charge in [0.2, 0.25) is 11.2 Å². The minimum Gasteiger partial charge on any atom is -0.456 e. The molecule has 0 atom stereocenters. The molecule has 0 N–H and O–H groups in total. The second kappa shape index (κ2) is 6.29. The van der Waals surface area contributed by atoms with E-state index in [4.69, 9.17) is 4.42 Å². The van der Waals surface area contributed by atoms with E-state index in [-0.39, 0.29) is 0 Å². The van der Waals surface area contributed by atoms with E-state index in [0.717, 1.165) is 11.2 Å². The first-order chi connectivity index (χ1) is 13.8. The van der Waals surface area contributed by atoms with Crippen LogP contribution in [-0.2, 0) is 7.05 Å². The first-order valence-electron chi connectivity index (χ1n) is 10.2. The molecule has 0 spiro atoms. The van der Waals surface area contributed by atoms with Gasteiger partial charge in [0, 0.05) is 28.3 Å². The average molecular weight is 397 g/mol. The molecule has 0 unspecified atom stereocenters. The average Bonchev–Trinajstić information content (AvgIpc) is 3.05. The maximum absolute atomic E-state index is 6.19. The van der Waals surface area contributed by atoms with Crippen LogP contribution in [0.5, 0.6) is 0 Å². The molecule has 0 fully saturated rings. The highest BCUT2D eigenvalue weighted by Crippen LogP contribution is 2.34. The third-order valence-electron chi connectivity index (χ3n) is 6.01. The van der Waals surface area contributed by atoms with Crippen LogP contribution in [0.15, 0.2) is 71.1 Å². The molecular formula is C26H26NOSi+. The highest BCUT2D eigenvalue weighted by molar-refractivity contribution is 6.90. The maximum atomic E-state index is 6.19. The molecule has 0 saturated carbocycles. The number of hydrogen-bond donors (Lipinski definition) is 0. The van der Waals surface area contributed by atoms with E-state index in [2.05, 4.69) is 92.8 Å². The molecule has 5 aromatic rings. The topological polar surface area (TPSA) is 17.0 Å². The fraction of sp³-hybridized carbons (Fsp3) is 0.192. The molecule has 0 aliphatic carbocycles. The second-order valence-corrected chi connectivity index (χ2v) is 14.1. The van der Waals surface area contributed by atoms with Gasteiger partial charge in [-0.2, -0.15) is 4.57 Å². The first kappa shape index (κ1) is 18.1. The van der Waals surface area contributed by atoms with E-state index in [0.29, 0.717) is 0 Å². The molecular weight excluding hydrogens is 370 g/mol. The van der Waals surface area contributed by atoms with Gasteiger partial charge in [-0.05, 0) is 41.9 Å². The van der Waals surface area contributed by atoms with E-state index >= 15 is 0 Å². The Labute approximate surface area is 172 Å². The highest BCUT2D eigenvalue weighted by Gasteiger charge is 2.27. The van der Waals surface area contributed by atoms with Crippen LogP contribution in [0.1, 0.15) is 5.56 Å². The summed E-state index contributed by atoms with van der Waals surface area (Å²) in [5.41, 5.74) is 6.95. The van der Waals surface area contributed by atoms with Crippen molar-refractivity contribution in [1.29, 1.82) is 0 Å². The number of benzene rings is 3. The van der Waals surface area contributed by atoms with Crippen molar-refractivity contribution in [3.8, 4) is 11.3 Å². The largest absolute Gasteiger partial charge is 0.456 e. The van der Waals surface area contributed by atoms with Crippen molar-refractivity contribution >= 4 is 46.1 Å². The Morgan fingerprint density at radius 3 is 2.21 bits per heavy atom. The second-order valence-electron chi connectivity index (χ2n) is 9.03. The number of rotatable bonds is 2. The van der Waals surface area contributed by atoms with Gasteiger partial charge in [0.1, 0.15) is 18.2 Å². The number of hydrogen-bond acceptors (Lipinski definition) is 1. The van der Waals surface area contributed by atoms with Crippen LogP contribution in [0.3, 0.4) is 0 Å². The lowest BCUT2D eigenvalue weighted by Crippen LogP contribution is -2.43. The zero-order valence-electron chi connectivity index (χ0n) is 17.7. The van der Waals surface area contributed by atoms with Crippen LogP contribution in [0.25, 0.3) is 44.1 Å². The number of pyridine rings is 1. The summed E-state index contributed by atoms with van der Waals surface area (Å²) >= 11 is 0. The van der Waals surface area contributed by atoms with Crippen LogP contribution < -0.4 is 9.75 Å². The summed E-state index contributed by atoms with van der Waals surface area (Å²) in [6.07, 6.45) is 0. The number of aryl methyl sites for hydroxylation is 2. The van der Waals surface area contributed by atoms with Gasteiger partial charge in [-0.3, -0.25) is 0 Å². The molecule has 0 saturated heterocycles. The summed E-state index contributed by atoms with van der Waals surface area (Å²) in [5.74, 6) is 0. The highest BCUT2D eigenvalue weighted by atomic mass is 28.3. The van der Waals surface area contributed by atoms with Crippen molar-refractivity contribution in [3.05, 3.63) is 72.3 Å². The number of fused-ring (bicyclic) bond motifs is 4. The minimum atomic E-state index is -1.52. The predicted octanol–water partition coefficient (Wildman–Crippen LogP) is 6.08. The smallest absolute Gasteiger partial charge is 0.213 e. The van der Waals surface area contributed by atoms with Crippen LogP contribution in [0, 0.1) is 6.92 Å². The van der Waals surface area contributed by atoms with Crippen LogP contribution >= 0.6 is 0 Å². The van der Waals surface area contributed by atoms with E-state index in [1.54, 1.807) is 0 Å². The molecule has 0 radical (unpaired) electrons. The Hall–Kier alpha value is -2.91. The van der Waals surface area contributed by atoms with Crippen LogP contribution in [-0.4, -0.2) is 8.07 Å². The molecule has 2 aromatic heterocycles. The van der Waals surface area contributed by atoms with Gasteiger partial charge in [0.05, 0.1) is 13.6 Å². The molecule has 3 heteroatoms. The molecule has 0 aliphatic heterocycles. The van der Waals surface area contributed by atoms with Gasteiger partial charge in [-0.1, -0.05) is 50.0 Å². The molecule has 144 valence electrons. The lowest BCUT2D eigenvalue weighted by Gasteiger charge is -2.20. The molecule has 2 nitrogen and oxygen atoms in total. The Morgan fingerprint density at radius 1 is 0.759 bits per heavy atom. The number of aromatic nitrogens is 1. The van der Waals surface area contributed by atoms with E-state index in [1.165, 1.54) is 43.7 Å². The Balaban J connectivity index is 1.86. The van der Waals surface area contributed by atoms with Gasteiger partial charge in [0.25, 0.3) is 0 Å². The van der Waals surface area contributed by atoms with Crippen molar-refractivity contribution in [2.45, 2.75) is 26.6 Å². The van der Waals surface area contributed by atoms with E-state index < -0.39 is 8.07 Å². The standard InChI is InChI=1S/C26H26NOSi/c1-17-14-21-18-10-7-9-13-24(18)28-25(21)15-20(17)23-16-26(29(3,4)5)19-11-6-8-12-22(19)27(23)2/h6-16H,1-5H3/q+1. The molecule has 5 rings (SSSR count). The van der Waals surface area contributed by atoms with E-state index in [1.807, 2.05) is 12.1 Å². The summed E-state index contributed by atoms with van der Waals surface area (Å²) in [7, 11) is 0.655. The van der Waals surface area contributed by atoms with Crippen molar-refractivity contribution in [3.63, 3.8) is 0 Å². The molecule has 0 amide bonds. The Bertz CT molecular complexity index is 1410. The van der Waals surface area contributed by atoms with Crippen molar-refractivity contribution in [2.75, 3.05) is 0 Å². The zero-order chi connectivity index (χ0) is 20.3. The van der Waals surface area contributed by atoms with E-state index in [9.17, 15) is 0 Å². The summed E-state index contributed by atoms with van der Waals surface area (Å²) in [4.78, 5) is 0. The molecule has 0 bridgehead atoms. The summed E-state index contributed by atoms with van der Waals surface area (Å²) in [5, 5.41) is 5.25. The monoisotopic (exact) mass is 396 g/mol. The number of para-hydroxylation sites is 2. The normalized spacial score (nSPS) is 12.3. The summed E-state index contributed by atoms with van der Waals surface area (Å²) < 4.78 is 8.52. The third-order valence-corrected chi connectivity index (χ3v) is 8.04. The summed E-state index contributed by atoms with van der Waals surface area (Å²) in [6.45, 7) is 9.48. The van der Waals surface area contributed by atoms with Crippen molar-refractivity contribution < 1.29 is 8.98 Å². The molecule has 3 aromatic carbocycles. The van der Waals surface area contributed by atoms with Crippen molar-refractivity contribution in [1.82, 2.24) is 0 Å². The van der Waals surface area contributed by atoms with Gasteiger partial charge < -0.3 is 4.42 Å². The number of furan rings is 1. The van der Waals surface area contributed by atoms with Gasteiger partial charge in [-0.25, -0.2) is 0 Å². The molecule has 2 heterocycles. The zero-order valence-corrected chi connectivity index (χ0v) is 18.7. The summed E-state index contributed by atoms with van der Waals surface area (Å²) in [6, 6.07) is 24.0. The third kappa shape index (κ3) is 2.80. The van der Waals surface area contributed by atoms with Gasteiger partial charge >= 0.3 is 0 Å². The fourth-order valence-electron chi connectivity index (χ4n) is 4.47. The SMILES string of the molecule is Cc1cc2c(cc1-c1cc([Si](C)(C)C)c3ccccc3[n+]1C)oc1ccccc12. The lowest BCUT2D eigenvalue weighted by atomic mass is 10.0. The van der Waals surface area contributed by atoms with Crippen LogP contribution in [0.4, 0.5) is 0 Å². The van der Waals surface area contributed by atoms with Crippen LogP contribution in [0.2, 0.25) is 19.6 Å². The fourth-order valence-corrected chi connectivity index (χ4v) is 6.06. The van der Waals surface area contributed by atoms with Gasteiger partial charge in [-0.15, -0.1) is 0 Å². The Kier molecular flexibility index (Phi) is 3.94. The number of nitrogens with zero attached hydrogens (tertiary/aromatic N) is 1. The Morgan fingerprint density at radius 2 is 1.45 bits per heavy atom. The predicted molar refractivity (Wildman–Crippen MR) is 126 cm³/mol. The molecule has 0 aliphatic rings. The minimum absolute atomic E-state index is 0.949. The lowest BCUT2D eigenvalue weighted by molar-refractivity contribution is -0.633. The quantitative estimate of drug-likeness (QED) is 0.261. The maximum Gasteiger partial charge on any atom is 0.213 e.